The third kappa shape index (κ3) is 3.20. The lowest BCUT2D eigenvalue weighted by Crippen LogP contribution is -2.22. The summed E-state index contributed by atoms with van der Waals surface area (Å²) < 4.78 is 3.71. The first-order valence-electron chi connectivity index (χ1n) is 6.59. The molecule has 0 aromatic carbocycles. The monoisotopic (exact) mass is 262 g/mol. The Balaban J connectivity index is 2.16. The molecule has 0 saturated heterocycles. The topological polar surface area (TPSA) is 60.6 Å². The van der Waals surface area contributed by atoms with E-state index in [0.717, 1.165) is 17.9 Å². The van der Waals surface area contributed by atoms with E-state index < -0.39 is 0 Å². The second-order valence-electron chi connectivity index (χ2n) is 5.23. The summed E-state index contributed by atoms with van der Waals surface area (Å²) in [6, 6.07) is 0.474. The molecule has 2 rings (SSSR count). The van der Waals surface area contributed by atoms with Gasteiger partial charge >= 0.3 is 0 Å². The summed E-state index contributed by atoms with van der Waals surface area (Å²) in [5.41, 5.74) is 4.47. The van der Waals surface area contributed by atoms with Crippen LogP contribution in [-0.2, 0) is 20.1 Å². The van der Waals surface area contributed by atoms with Crippen LogP contribution in [0, 0.1) is 13.8 Å². The van der Waals surface area contributed by atoms with Crippen LogP contribution in [0.4, 0.5) is 0 Å². The van der Waals surface area contributed by atoms with Gasteiger partial charge in [-0.15, -0.1) is 5.10 Å². The van der Waals surface area contributed by atoms with Gasteiger partial charge < -0.3 is 5.32 Å². The largest absolute Gasteiger partial charge is 0.310 e. The van der Waals surface area contributed by atoms with Crippen molar-refractivity contribution in [1.82, 2.24) is 30.1 Å². The number of rotatable bonds is 5. The van der Waals surface area contributed by atoms with Crippen molar-refractivity contribution in [3.8, 4) is 0 Å². The molecule has 104 valence electrons. The summed E-state index contributed by atoms with van der Waals surface area (Å²) in [5, 5.41) is 16.1. The van der Waals surface area contributed by atoms with E-state index in [4.69, 9.17) is 0 Å². The minimum Gasteiger partial charge on any atom is -0.310 e. The molecule has 0 atom stereocenters. The van der Waals surface area contributed by atoms with Gasteiger partial charge in [-0.05, 0) is 13.8 Å². The first kappa shape index (κ1) is 13.7. The minimum absolute atomic E-state index is 0.474. The van der Waals surface area contributed by atoms with Crippen molar-refractivity contribution in [3.63, 3.8) is 0 Å². The van der Waals surface area contributed by atoms with E-state index in [1.165, 1.54) is 11.3 Å². The maximum atomic E-state index is 4.59. The molecule has 0 aliphatic rings. The normalized spacial score (nSPS) is 11.5. The van der Waals surface area contributed by atoms with Crippen LogP contribution in [0.1, 0.15) is 36.5 Å². The number of aromatic nitrogens is 5. The van der Waals surface area contributed by atoms with Gasteiger partial charge in [-0.25, -0.2) is 0 Å². The van der Waals surface area contributed by atoms with E-state index in [1.807, 2.05) is 17.9 Å². The molecule has 0 spiro atoms. The zero-order chi connectivity index (χ0) is 14.0. The third-order valence-electron chi connectivity index (χ3n) is 3.18. The van der Waals surface area contributed by atoms with E-state index in [0.29, 0.717) is 12.6 Å². The Kier molecular flexibility index (Phi) is 3.99. The highest BCUT2D eigenvalue weighted by Gasteiger charge is 2.12. The third-order valence-corrected chi connectivity index (χ3v) is 3.18. The van der Waals surface area contributed by atoms with Gasteiger partial charge in [0.25, 0.3) is 0 Å². The standard InChI is InChI=1S/C13H22N6/c1-9(2)14-6-13-10(3)16-19(11(13)4)8-12-7-18(5)17-15-12/h7,9,14H,6,8H2,1-5H3. The van der Waals surface area contributed by atoms with Gasteiger partial charge in [-0.2, -0.15) is 5.10 Å². The maximum Gasteiger partial charge on any atom is 0.104 e. The highest BCUT2D eigenvalue weighted by Crippen LogP contribution is 2.14. The van der Waals surface area contributed by atoms with Gasteiger partial charge in [-0.3, -0.25) is 9.36 Å². The molecular weight excluding hydrogens is 240 g/mol. The number of hydrogen-bond donors (Lipinski definition) is 1. The lowest BCUT2D eigenvalue weighted by molar-refractivity contribution is 0.584. The SMILES string of the molecule is Cc1nn(Cc2cn(C)nn2)c(C)c1CNC(C)C. The van der Waals surface area contributed by atoms with Crippen LogP contribution in [0.5, 0.6) is 0 Å². The second-order valence-corrected chi connectivity index (χ2v) is 5.23. The minimum atomic E-state index is 0.474. The molecule has 1 N–H and O–H groups in total. The van der Waals surface area contributed by atoms with Crippen LogP contribution in [0.2, 0.25) is 0 Å². The Morgan fingerprint density at radius 1 is 1.32 bits per heavy atom. The molecule has 0 unspecified atom stereocenters. The van der Waals surface area contributed by atoms with Crippen LogP contribution in [-0.4, -0.2) is 30.8 Å². The average Bonchev–Trinajstić information content (AvgIpc) is 2.83. The van der Waals surface area contributed by atoms with Crippen LogP contribution in [0.15, 0.2) is 6.20 Å². The highest BCUT2D eigenvalue weighted by molar-refractivity contribution is 5.24. The maximum absolute atomic E-state index is 4.59. The van der Waals surface area contributed by atoms with Crippen molar-refractivity contribution in [3.05, 3.63) is 28.8 Å². The van der Waals surface area contributed by atoms with E-state index in [-0.39, 0.29) is 0 Å². The molecule has 0 bridgehead atoms. The summed E-state index contributed by atoms with van der Waals surface area (Å²) in [6.45, 7) is 9.98. The fourth-order valence-corrected chi connectivity index (χ4v) is 2.07. The smallest absolute Gasteiger partial charge is 0.104 e. The Morgan fingerprint density at radius 2 is 2.05 bits per heavy atom. The fraction of sp³-hybridized carbons (Fsp3) is 0.615. The Hall–Kier alpha value is -1.69. The molecule has 0 saturated carbocycles. The van der Waals surface area contributed by atoms with Crippen molar-refractivity contribution in [2.45, 2.75) is 46.8 Å². The lowest BCUT2D eigenvalue weighted by atomic mass is 10.2. The zero-order valence-corrected chi connectivity index (χ0v) is 12.3. The number of hydrogen-bond acceptors (Lipinski definition) is 4. The first-order chi connectivity index (χ1) is 8.97. The molecule has 2 aromatic rings. The predicted octanol–water partition coefficient (Wildman–Crippen LogP) is 1.17. The van der Waals surface area contributed by atoms with E-state index in [9.17, 15) is 0 Å². The molecule has 0 radical (unpaired) electrons. The van der Waals surface area contributed by atoms with E-state index in [2.05, 4.69) is 48.4 Å². The van der Waals surface area contributed by atoms with E-state index >= 15 is 0 Å². The number of nitrogens with one attached hydrogen (secondary N) is 1. The summed E-state index contributed by atoms with van der Waals surface area (Å²) in [6.07, 6.45) is 1.92. The van der Waals surface area contributed by atoms with Crippen LogP contribution >= 0.6 is 0 Å². The molecule has 0 fully saturated rings. The van der Waals surface area contributed by atoms with Crippen molar-refractivity contribution < 1.29 is 0 Å². The summed E-state index contributed by atoms with van der Waals surface area (Å²) in [4.78, 5) is 0. The van der Waals surface area contributed by atoms with Crippen molar-refractivity contribution in [2.75, 3.05) is 0 Å². The first-order valence-corrected chi connectivity index (χ1v) is 6.59. The Bertz CT molecular complexity index is 551. The van der Waals surface area contributed by atoms with Gasteiger partial charge in [0.1, 0.15) is 5.69 Å². The van der Waals surface area contributed by atoms with Crippen molar-refractivity contribution in [2.24, 2.45) is 7.05 Å². The summed E-state index contributed by atoms with van der Waals surface area (Å²) in [7, 11) is 1.87. The molecule has 2 heterocycles. The summed E-state index contributed by atoms with van der Waals surface area (Å²) in [5.74, 6) is 0. The van der Waals surface area contributed by atoms with Crippen LogP contribution in [0.25, 0.3) is 0 Å². The quantitative estimate of drug-likeness (QED) is 0.879. The molecule has 0 amide bonds. The lowest BCUT2D eigenvalue weighted by Gasteiger charge is -2.08. The van der Waals surface area contributed by atoms with Gasteiger partial charge in [-0.1, -0.05) is 19.1 Å². The zero-order valence-electron chi connectivity index (χ0n) is 12.3. The number of aryl methyl sites for hydroxylation is 2. The van der Waals surface area contributed by atoms with Gasteiger partial charge in [0.2, 0.25) is 0 Å². The van der Waals surface area contributed by atoms with Crippen LogP contribution < -0.4 is 5.32 Å². The molecule has 6 heteroatoms. The second kappa shape index (κ2) is 5.52. The van der Waals surface area contributed by atoms with E-state index in [1.54, 1.807) is 4.68 Å². The van der Waals surface area contributed by atoms with Gasteiger partial charge in [0, 0.05) is 37.1 Å². The average molecular weight is 262 g/mol. The molecule has 2 aromatic heterocycles. The predicted molar refractivity (Wildman–Crippen MR) is 73.8 cm³/mol. The van der Waals surface area contributed by atoms with Crippen LogP contribution in [0.3, 0.4) is 0 Å². The number of nitrogens with zero attached hydrogens (tertiary/aromatic N) is 5. The van der Waals surface area contributed by atoms with Crippen molar-refractivity contribution >= 4 is 0 Å². The fourth-order valence-electron chi connectivity index (χ4n) is 2.07. The molecule has 0 aliphatic carbocycles. The molecular formula is C13H22N6. The summed E-state index contributed by atoms with van der Waals surface area (Å²) >= 11 is 0. The molecule has 6 nitrogen and oxygen atoms in total. The highest BCUT2D eigenvalue weighted by atomic mass is 15.4. The van der Waals surface area contributed by atoms with Gasteiger partial charge in [0.05, 0.1) is 12.2 Å². The molecule has 19 heavy (non-hydrogen) atoms. The molecule has 0 aliphatic heterocycles. The Morgan fingerprint density at radius 3 is 2.63 bits per heavy atom. The van der Waals surface area contributed by atoms with Gasteiger partial charge in [0.15, 0.2) is 0 Å². The Labute approximate surface area is 113 Å². The van der Waals surface area contributed by atoms with Crippen molar-refractivity contribution in [1.29, 1.82) is 0 Å².